The fraction of sp³-hybridized carbons (Fsp3) is 0. The van der Waals surface area contributed by atoms with Crippen LogP contribution in [0.1, 0.15) is 5.56 Å². The summed E-state index contributed by atoms with van der Waals surface area (Å²) in [4.78, 5) is 0. The Labute approximate surface area is 351 Å². The van der Waals surface area contributed by atoms with Gasteiger partial charge in [-0.2, -0.15) is 5.26 Å². The van der Waals surface area contributed by atoms with E-state index in [4.69, 9.17) is 0 Å². The summed E-state index contributed by atoms with van der Waals surface area (Å²) >= 11 is 0. The Morgan fingerprint density at radius 2 is 0.869 bits per heavy atom. The van der Waals surface area contributed by atoms with Crippen molar-refractivity contribution in [3.8, 4) is 45.1 Å². The lowest BCUT2D eigenvalue weighted by molar-refractivity contribution is 1.18. The number of nitrogens with zero attached hydrogens (tertiary/aromatic N) is 2. The number of nitriles is 1. The van der Waals surface area contributed by atoms with E-state index in [0.29, 0.717) is 5.56 Å². The SMILES string of the molecule is N#Cc1ccc2c3c1ccc1c(-c4ccc5cc(-c6cc7c8ccccc8c(-c8cccc9ccccc89)cc7c7ccccc67)ccc5c4)ccc(c13)n2-c1ccccc1. The highest BCUT2D eigenvalue weighted by atomic mass is 15.0. The van der Waals surface area contributed by atoms with E-state index in [-0.39, 0.29) is 0 Å². The van der Waals surface area contributed by atoms with Gasteiger partial charge in [-0.05, 0) is 147 Å². The van der Waals surface area contributed by atoms with Gasteiger partial charge in [0, 0.05) is 21.8 Å². The summed E-state index contributed by atoms with van der Waals surface area (Å²) in [5.41, 5.74) is 11.4. The van der Waals surface area contributed by atoms with Gasteiger partial charge in [-0.3, -0.25) is 0 Å². The number of para-hydroxylation sites is 1. The predicted molar refractivity (Wildman–Crippen MR) is 258 cm³/mol. The Balaban J connectivity index is 0.974. The molecule has 0 atom stereocenters. The molecule has 12 aromatic carbocycles. The van der Waals surface area contributed by atoms with E-state index < -0.39 is 0 Å². The van der Waals surface area contributed by atoms with Crippen LogP contribution >= 0.6 is 0 Å². The van der Waals surface area contributed by atoms with Gasteiger partial charge in [-0.25, -0.2) is 0 Å². The quantitative estimate of drug-likeness (QED) is 0.164. The molecule has 0 bridgehead atoms. The molecule has 13 rings (SSSR count). The fourth-order valence-corrected chi connectivity index (χ4v) is 10.4. The number of hydrogen-bond acceptors (Lipinski definition) is 1. The van der Waals surface area contributed by atoms with E-state index in [1.165, 1.54) is 98.0 Å². The second-order valence-electron chi connectivity index (χ2n) is 16.3. The number of aromatic nitrogens is 1. The normalized spacial score (nSPS) is 11.9. The Morgan fingerprint density at radius 1 is 0.311 bits per heavy atom. The zero-order valence-corrected chi connectivity index (χ0v) is 33.0. The van der Waals surface area contributed by atoms with E-state index >= 15 is 0 Å². The Kier molecular flexibility index (Phi) is 7.11. The molecule has 0 aliphatic carbocycles. The molecule has 0 amide bonds. The third-order valence-corrected chi connectivity index (χ3v) is 13.2. The molecule has 0 fully saturated rings. The topological polar surface area (TPSA) is 28.7 Å². The Morgan fingerprint density at radius 3 is 1.59 bits per heavy atom. The molecular formula is C59H34N2. The minimum Gasteiger partial charge on any atom is -0.309 e. The molecule has 0 aliphatic rings. The third kappa shape index (κ3) is 4.90. The van der Waals surface area contributed by atoms with Crippen molar-refractivity contribution in [1.29, 1.82) is 5.26 Å². The van der Waals surface area contributed by atoms with Crippen molar-refractivity contribution in [2.24, 2.45) is 0 Å². The molecule has 2 heteroatoms. The van der Waals surface area contributed by atoms with E-state index in [1.807, 2.05) is 6.07 Å². The smallest absolute Gasteiger partial charge is 0.0998 e. The molecular weight excluding hydrogens is 737 g/mol. The highest BCUT2D eigenvalue weighted by molar-refractivity contribution is 6.28. The lowest BCUT2D eigenvalue weighted by Crippen LogP contribution is -1.93. The maximum absolute atomic E-state index is 10.1. The van der Waals surface area contributed by atoms with Crippen LogP contribution in [0.25, 0.3) is 126 Å². The highest BCUT2D eigenvalue weighted by Gasteiger charge is 2.21. The summed E-state index contributed by atoms with van der Waals surface area (Å²) in [7, 11) is 0. The van der Waals surface area contributed by atoms with Gasteiger partial charge in [-0.1, -0.05) is 152 Å². The van der Waals surface area contributed by atoms with Crippen molar-refractivity contribution in [3.05, 3.63) is 212 Å². The fourth-order valence-electron chi connectivity index (χ4n) is 10.4. The van der Waals surface area contributed by atoms with Crippen LogP contribution < -0.4 is 0 Å². The van der Waals surface area contributed by atoms with Crippen LogP contribution in [0.4, 0.5) is 0 Å². The summed E-state index contributed by atoms with van der Waals surface area (Å²) < 4.78 is 2.33. The molecule has 0 aliphatic heterocycles. The lowest BCUT2D eigenvalue weighted by Gasteiger charge is -2.17. The minimum absolute atomic E-state index is 0.700. The second kappa shape index (κ2) is 12.9. The van der Waals surface area contributed by atoms with Crippen LogP contribution in [-0.2, 0) is 0 Å². The van der Waals surface area contributed by atoms with Gasteiger partial charge in [0.05, 0.1) is 22.7 Å². The molecule has 0 spiro atoms. The van der Waals surface area contributed by atoms with Gasteiger partial charge in [0.2, 0.25) is 0 Å². The number of hydrogen-bond donors (Lipinski definition) is 0. The van der Waals surface area contributed by atoms with Crippen LogP contribution in [0.15, 0.2) is 206 Å². The highest BCUT2D eigenvalue weighted by Crippen LogP contribution is 2.46. The Bertz CT molecular complexity index is 3990. The molecule has 1 aromatic heterocycles. The first kappa shape index (κ1) is 33.7. The molecule has 0 saturated heterocycles. The van der Waals surface area contributed by atoms with Gasteiger partial charge in [0.25, 0.3) is 0 Å². The average Bonchev–Trinajstić information content (AvgIpc) is 3.67. The molecule has 280 valence electrons. The maximum Gasteiger partial charge on any atom is 0.0998 e. The largest absolute Gasteiger partial charge is 0.309 e. The number of fused-ring (bicyclic) bond motifs is 7. The first-order valence-electron chi connectivity index (χ1n) is 20.9. The third-order valence-electron chi connectivity index (χ3n) is 13.2. The Hall–Kier alpha value is -8.25. The van der Waals surface area contributed by atoms with Crippen LogP contribution in [-0.4, -0.2) is 4.57 Å². The van der Waals surface area contributed by atoms with Gasteiger partial charge >= 0.3 is 0 Å². The lowest BCUT2D eigenvalue weighted by atomic mass is 9.86. The molecule has 0 unspecified atom stereocenters. The van der Waals surface area contributed by atoms with Crippen molar-refractivity contribution in [1.82, 2.24) is 4.57 Å². The monoisotopic (exact) mass is 770 g/mol. The zero-order chi connectivity index (χ0) is 40.2. The van der Waals surface area contributed by atoms with Crippen molar-refractivity contribution in [3.63, 3.8) is 0 Å². The summed E-state index contributed by atoms with van der Waals surface area (Å²) in [6.07, 6.45) is 0. The van der Waals surface area contributed by atoms with Gasteiger partial charge in [0.1, 0.15) is 0 Å². The van der Waals surface area contributed by atoms with Crippen LogP contribution in [0.2, 0.25) is 0 Å². The van der Waals surface area contributed by atoms with Gasteiger partial charge in [0.15, 0.2) is 0 Å². The molecule has 61 heavy (non-hydrogen) atoms. The van der Waals surface area contributed by atoms with Crippen LogP contribution in [0.5, 0.6) is 0 Å². The van der Waals surface area contributed by atoms with Crippen molar-refractivity contribution >= 4 is 86.4 Å². The maximum atomic E-state index is 10.1. The van der Waals surface area contributed by atoms with Crippen LogP contribution in [0, 0.1) is 11.3 Å². The summed E-state index contributed by atoms with van der Waals surface area (Å²) in [5, 5.41) is 27.1. The summed E-state index contributed by atoms with van der Waals surface area (Å²) in [5.74, 6) is 0. The van der Waals surface area contributed by atoms with E-state index in [1.54, 1.807) is 0 Å². The first-order valence-corrected chi connectivity index (χ1v) is 20.9. The molecule has 0 radical (unpaired) electrons. The number of benzene rings is 12. The van der Waals surface area contributed by atoms with E-state index in [2.05, 4.69) is 211 Å². The van der Waals surface area contributed by atoms with Crippen LogP contribution in [0.3, 0.4) is 0 Å². The second-order valence-corrected chi connectivity index (χ2v) is 16.3. The standard InChI is InChI=1S/C59H34N2/c60-35-41-25-29-56-58-45(41)26-27-51-44(28-30-57(59(51)58)61(56)42-13-2-1-3-14-42)39-23-21-38-32-40(24-22-37(38)31-39)52-33-54-50-19-9-8-18-49(50)53(34-55(54)48-17-7-6-16-47(48)52)46-20-10-12-36-11-4-5-15-43(36)46/h1-34H. The molecule has 13 aromatic rings. The molecule has 0 N–H and O–H groups in total. The van der Waals surface area contributed by atoms with E-state index in [0.717, 1.165) is 27.5 Å². The predicted octanol–water partition coefficient (Wildman–Crippen LogP) is 16.0. The molecule has 0 saturated carbocycles. The molecule has 1 heterocycles. The summed E-state index contributed by atoms with van der Waals surface area (Å²) in [6, 6.07) is 77.7. The molecule has 2 nitrogen and oxygen atoms in total. The van der Waals surface area contributed by atoms with Crippen molar-refractivity contribution in [2.45, 2.75) is 0 Å². The van der Waals surface area contributed by atoms with E-state index in [9.17, 15) is 5.26 Å². The zero-order valence-electron chi connectivity index (χ0n) is 33.0. The van der Waals surface area contributed by atoms with Crippen molar-refractivity contribution < 1.29 is 0 Å². The first-order chi connectivity index (χ1) is 30.2. The average molecular weight is 771 g/mol. The number of rotatable bonds is 4. The van der Waals surface area contributed by atoms with Crippen molar-refractivity contribution in [2.75, 3.05) is 0 Å². The van der Waals surface area contributed by atoms with Gasteiger partial charge < -0.3 is 4.57 Å². The summed E-state index contributed by atoms with van der Waals surface area (Å²) in [6.45, 7) is 0. The minimum atomic E-state index is 0.700. The van der Waals surface area contributed by atoms with Gasteiger partial charge in [-0.15, -0.1) is 0 Å².